The van der Waals surface area contributed by atoms with E-state index < -0.39 is 0 Å². The Balaban J connectivity index is 1.62. The molecule has 0 amide bonds. The second kappa shape index (κ2) is 7.20. The molecule has 3 aromatic heterocycles. The van der Waals surface area contributed by atoms with Crippen molar-refractivity contribution in [3.63, 3.8) is 0 Å². The molecule has 0 saturated carbocycles. The summed E-state index contributed by atoms with van der Waals surface area (Å²) < 4.78 is 9.09. The highest BCUT2D eigenvalue weighted by atomic mass is 16.3. The quantitative estimate of drug-likeness (QED) is 0.569. The zero-order chi connectivity index (χ0) is 18.8. The third kappa shape index (κ3) is 3.54. The Kier molecular flexibility index (Phi) is 4.60. The molecule has 0 radical (unpaired) electrons. The summed E-state index contributed by atoms with van der Waals surface area (Å²) in [5.74, 6) is 1.82. The van der Waals surface area contributed by atoms with E-state index in [-0.39, 0.29) is 6.61 Å². The number of aryl methyl sites for hydroxylation is 2. The monoisotopic (exact) mass is 363 g/mol. The van der Waals surface area contributed by atoms with Gasteiger partial charge in [0.1, 0.15) is 0 Å². The van der Waals surface area contributed by atoms with Crippen molar-refractivity contribution in [3.05, 3.63) is 65.7 Å². The van der Waals surface area contributed by atoms with Crippen LogP contribution >= 0.6 is 0 Å². The fourth-order valence-electron chi connectivity index (χ4n) is 3.08. The second-order valence-corrected chi connectivity index (χ2v) is 6.46. The van der Waals surface area contributed by atoms with Gasteiger partial charge in [0.25, 0.3) is 0 Å². The SMILES string of the molecule is Cc1cc(C)n(Cc2ccc(-c3nc(-c4ccco4)nn3CCO)cc2)n1. The molecule has 7 heteroatoms. The Bertz CT molecular complexity index is 1030. The van der Waals surface area contributed by atoms with Gasteiger partial charge in [0.2, 0.25) is 5.82 Å². The van der Waals surface area contributed by atoms with Gasteiger partial charge in [-0.1, -0.05) is 24.3 Å². The molecule has 0 fully saturated rings. The van der Waals surface area contributed by atoms with Gasteiger partial charge in [-0.25, -0.2) is 9.67 Å². The molecule has 0 unspecified atom stereocenters. The fourth-order valence-corrected chi connectivity index (χ4v) is 3.08. The van der Waals surface area contributed by atoms with Crippen molar-refractivity contribution in [1.82, 2.24) is 24.5 Å². The lowest BCUT2D eigenvalue weighted by atomic mass is 10.1. The van der Waals surface area contributed by atoms with Crippen molar-refractivity contribution in [3.8, 4) is 23.0 Å². The van der Waals surface area contributed by atoms with Crippen molar-refractivity contribution in [2.75, 3.05) is 6.61 Å². The fraction of sp³-hybridized carbons (Fsp3) is 0.250. The number of hydrogen-bond acceptors (Lipinski definition) is 5. The highest BCUT2D eigenvalue weighted by Crippen LogP contribution is 2.23. The molecule has 0 aliphatic carbocycles. The number of hydrogen-bond donors (Lipinski definition) is 1. The van der Waals surface area contributed by atoms with E-state index in [1.165, 1.54) is 0 Å². The minimum absolute atomic E-state index is 0.00996. The smallest absolute Gasteiger partial charge is 0.217 e. The van der Waals surface area contributed by atoms with Crippen LogP contribution in [0.5, 0.6) is 0 Å². The van der Waals surface area contributed by atoms with E-state index in [0.717, 1.165) is 29.1 Å². The molecule has 1 aromatic carbocycles. The van der Waals surface area contributed by atoms with Crippen molar-refractivity contribution < 1.29 is 9.52 Å². The Morgan fingerprint density at radius 3 is 2.48 bits per heavy atom. The van der Waals surface area contributed by atoms with Crippen molar-refractivity contribution in [1.29, 1.82) is 0 Å². The van der Waals surface area contributed by atoms with E-state index in [1.807, 2.05) is 29.8 Å². The molecule has 3 heterocycles. The largest absolute Gasteiger partial charge is 0.461 e. The van der Waals surface area contributed by atoms with E-state index in [4.69, 9.17) is 4.42 Å². The number of aliphatic hydroxyl groups is 1. The first-order valence-corrected chi connectivity index (χ1v) is 8.84. The Morgan fingerprint density at radius 2 is 1.85 bits per heavy atom. The van der Waals surface area contributed by atoms with E-state index in [1.54, 1.807) is 17.0 Å². The van der Waals surface area contributed by atoms with Gasteiger partial charge in [-0.3, -0.25) is 4.68 Å². The van der Waals surface area contributed by atoms with Gasteiger partial charge in [-0.05, 0) is 37.6 Å². The lowest BCUT2D eigenvalue weighted by Gasteiger charge is -2.07. The highest BCUT2D eigenvalue weighted by Gasteiger charge is 2.15. The normalized spacial score (nSPS) is 11.2. The zero-order valence-electron chi connectivity index (χ0n) is 15.3. The number of furan rings is 1. The minimum Gasteiger partial charge on any atom is -0.461 e. The summed E-state index contributed by atoms with van der Waals surface area (Å²) in [4.78, 5) is 4.60. The van der Waals surface area contributed by atoms with Gasteiger partial charge in [0.15, 0.2) is 11.6 Å². The van der Waals surface area contributed by atoms with Crippen LogP contribution in [0, 0.1) is 13.8 Å². The van der Waals surface area contributed by atoms with Crippen LogP contribution in [0.3, 0.4) is 0 Å². The average Bonchev–Trinajstić information content (AvgIpc) is 3.37. The Labute approximate surface area is 156 Å². The molecule has 0 aliphatic rings. The van der Waals surface area contributed by atoms with Gasteiger partial charge >= 0.3 is 0 Å². The van der Waals surface area contributed by atoms with Gasteiger partial charge < -0.3 is 9.52 Å². The van der Waals surface area contributed by atoms with Crippen LogP contribution in [-0.2, 0) is 13.1 Å². The third-order valence-corrected chi connectivity index (χ3v) is 4.37. The molecule has 138 valence electrons. The van der Waals surface area contributed by atoms with Gasteiger partial charge in [-0.15, -0.1) is 5.10 Å². The molecule has 0 atom stereocenters. The van der Waals surface area contributed by atoms with E-state index >= 15 is 0 Å². The van der Waals surface area contributed by atoms with E-state index in [0.29, 0.717) is 24.0 Å². The summed E-state index contributed by atoms with van der Waals surface area (Å²) in [5, 5.41) is 18.3. The highest BCUT2D eigenvalue weighted by molar-refractivity contribution is 5.59. The summed E-state index contributed by atoms with van der Waals surface area (Å²) in [6, 6.07) is 13.9. The Morgan fingerprint density at radius 1 is 1.04 bits per heavy atom. The van der Waals surface area contributed by atoms with Crippen LogP contribution in [0.1, 0.15) is 17.0 Å². The summed E-state index contributed by atoms with van der Waals surface area (Å²) in [6.45, 7) is 5.14. The average molecular weight is 363 g/mol. The molecule has 4 rings (SSSR count). The molecule has 0 aliphatic heterocycles. The van der Waals surface area contributed by atoms with Crippen LogP contribution in [0.4, 0.5) is 0 Å². The number of aliphatic hydroxyl groups excluding tert-OH is 1. The first-order valence-electron chi connectivity index (χ1n) is 8.84. The molecular weight excluding hydrogens is 342 g/mol. The lowest BCUT2D eigenvalue weighted by molar-refractivity contribution is 0.270. The van der Waals surface area contributed by atoms with Crippen LogP contribution in [0.15, 0.2) is 53.1 Å². The predicted octanol–water partition coefficient (Wildman–Crippen LogP) is 3.06. The maximum atomic E-state index is 9.35. The topological polar surface area (TPSA) is 81.9 Å². The maximum absolute atomic E-state index is 9.35. The molecule has 0 spiro atoms. The van der Waals surface area contributed by atoms with E-state index in [2.05, 4.69) is 40.3 Å². The number of nitrogens with zero attached hydrogens (tertiary/aromatic N) is 5. The van der Waals surface area contributed by atoms with Gasteiger partial charge in [0.05, 0.1) is 31.7 Å². The lowest BCUT2D eigenvalue weighted by Crippen LogP contribution is -2.06. The maximum Gasteiger partial charge on any atom is 0.217 e. The molecular formula is C20H21N5O2. The summed E-state index contributed by atoms with van der Waals surface area (Å²) >= 11 is 0. The first-order chi connectivity index (χ1) is 13.1. The van der Waals surface area contributed by atoms with Crippen LogP contribution in [-0.4, -0.2) is 36.3 Å². The Hall–Kier alpha value is -3.19. The number of aromatic nitrogens is 5. The summed E-state index contributed by atoms with van der Waals surface area (Å²) in [6.07, 6.45) is 1.59. The molecule has 1 N–H and O–H groups in total. The predicted molar refractivity (Wildman–Crippen MR) is 101 cm³/mol. The number of benzene rings is 1. The van der Waals surface area contributed by atoms with E-state index in [9.17, 15) is 5.11 Å². The molecule has 0 saturated heterocycles. The first kappa shape index (κ1) is 17.2. The molecule has 7 nitrogen and oxygen atoms in total. The number of rotatable bonds is 6. The second-order valence-electron chi connectivity index (χ2n) is 6.46. The summed E-state index contributed by atoms with van der Waals surface area (Å²) in [5.41, 5.74) is 4.25. The van der Waals surface area contributed by atoms with Gasteiger partial charge in [-0.2, -0.15) is 5.10 Å². The van der Waals surface area contributed by atoms with Crippen LogP contribution in [0.25, 0.3) is 23.0 Å². The van der Waals surface area contributed by atoms with Crippen LogP contribution < -0.4 is 0 Å². The molecule has 27 heavy (non-hydrogen) atoms. The van der Waals surface area contributed by atoms with Crippen molar-refractivity contribution >= 4 is 0 Å². The molecule has 0 bridgehead atoms. The third-order valence-electron chi connectivity index (χ3n) is 4.37. The summed E-state index contributed by atoms with van der Waals surface area (Å²) in [7, 11) is 0. The van der Waals surface area contributed by atoms with Crippen molar-refractivity contribution in [2.24, 2.45) is 0 Å². The zero-order valence-corrected chi connectivity index (χ0v) is 15.3. The van der Waals surface area contributed by atoms with Gasteiger partial charge in [0, 0.05) is 11.3 Å². The minimum atomic E-state index is -0.00996. The molecule has 4 aromatic rings. The van der Waals surface area contributed by atoms with Crippen LogP contribution in [0.2, 0.25) is 0 Å². The van der Waals surface area contributed by atoms with Crippen molar-refractivity contribution in [2.45, 2.75) is 26.9 Å². The standard InChI is InChI=1S/C20H21N5O2/c1-14-12-15(2)25(22-14)13-16-5-7-17(8-6-16)20-21-19(18-4-3-11-27-18)23-24(20)9-10-26/h3-8,11-12,26H,9-10,13H2,1-2H3.